The Morgan fingerprint density at radius 1 is 1.07 bits per heavy atom. The second-order valence-corrected chi connectivity index (χ2v) is 5.98. The topological polar surface area (TPSA) is 107 Å². The van der Waals surface area contributed by atoms with Crippen LogP contribution in [-0.2, 0) is 16.1 Å². The van der Waals surface area contributed by atoms with Gasteiger partial charge in [-0.05, 0) is 23.8 Å². The molecule has 1 atom stereocenters. The number of carbonyl (C=O) groups is 2. The second kappa shape index (κ2) is 10.2. The maximum Gasteiger partial charge on any atom is 1.00 e. The third-order valence-corrected chi connectivity index (χ3v) is 4.19. The number of rotatable bonds is 5. The Balaban J connectivity index is 0.00000182. The first kappa shape index (κ1) is 24.4. The van der Waals surface area contributed by atoms with Gasteiger partial charge in [0.25, 0.3) is 0 Å². The van der Waals surface area contributed by atoms with Gasteiger partial charge in [0, 0.05) is 10.6 Å². The number of halogens is 1. The number of nitrogens with zero attached hydrogens (tertiary/aromatic N) is 2. The van der Waals surface area contributed by atoms with Gasteiger partial charge in [0.1, 0.15) is 6.04 Å². The molecule has 0 radical (unpaired) electrons. The number of hydrogen-bond acceptors (Lipinski definition) is 7. The quantitative estimate of drug-likeness (QED) is 0.388. The van der Waals surface area contributed by atoms with Gasteiger partial charge in [-0.25, -0.2) is 0 Å². The number of anilines is 1. The Bertz CT molecular complexity index is 824. The molecule has 0 aromatic heterocycles. The number of carbonyl (C=O) groups excluding carboxylic acids is 2. The van der Waals surface area contributed by atoms with Crippen molar-refractivity contribution in [2.24, 2.45) is 0 Å². The molecule has 0 bridgehead atoms. The molecule has 0 saturated carbocycles. The molecule has 7 nitrogen and oxygen atoms in total. The minimum absolute atomic E-state index is 0. The molecule has 1 N–H and O–H groups in total. The minimum atomic E-state index is -2.15. The summed E-state index contributed by atoms with van der Waals surface area (Å²) in [4.78, 5) is 22.7. The zero-order valence-corrected chi connectivity index (χ0v) is 19.6. The van der Waals surface area contributed by atoms with E-state index in [0.29, 0.717) is 21.8 Å². The summed E-state index contributed by atoms with van der Waals surface area (Å²) in [5.74, 6) is -3.74. The van der Waals surface area contributed by atoms with E-state index in [1.165, 1.54) is 5.01 Å². The van der Waals surface area contributed by atoms with Gasteiger partial charge in [-0.2, -0.15) is 5.01 Å². The molecule has 0 spiro atoms. The van der Waals surface area contributed by atoms with Crippen LogP contribution in [0.1, 0.15) is 17.4 Å². The van der Waals surface area contributed by atoms with E-state index in [-0.39, 0.29) is 65.7 Å². The third kappa shape index (κ3) is 5.06. The summed E-state index contributed by atoms with van der Waals surface area (Å²) >= 11 is 5.97. The van der Waals surface area contributed by atoms with Gasteiger partial charge in [-0.3, -0.25) is 5.01 Å². The number of hydrazine groups is 1. The predicted molar refractivity (Wildman–Crippen MR) is 84.7 cm³/mol. The van der Waals surface area contributed by atoms with Crippen molar-refractivity contribution < 1.29 is 84.0 Å². The molecular formula is C17H13ClN2Na2O5. The summed E-state index contributed by atoms with van der Waals surface area (Å²) in [5, 5.41) is 35.9. The number of para-hydroxylation sites is 1. The van der Waals surface area contributed by atoms with Crippen molar-refractivity contribution in [1.82, 2.24) is 5.01 Å². The third-order valence-electron chi connectivity index (χ3n) is 3.95. The Hall–Kier alpha value is -0.610. The molecule has 0 amide bonds. The molecule has 2 aromatic carbocycles. The van der Waals surface area contributed by atoms with E-state index < -0.39 is 24.2 Å². The Kier molecular flexibility index (Phi) is 9.27. The van der Waals surface area contributed by atoms with Gasteiger partial charge in [0.2, 0.25) is 0 Å². The monoisotopic (exact) mass is 406 g/mol. The molecule has 0 fully saturated rings. The standard InChI is InChI=1S/C17H15ClN2O5.2Na/c18-11-5-3-4-10(8-11)9-19-13-7-2-1-6-12(13)15(21)20(19)14(16(22)23)17(24)25;;/h1-8,14-15,21H,9H2,(H,22,23)(H,24,25);;/q;2*+1/p-2. The van der Waals surface area contributed by atoms with Crippen molar-refractivity contribution >= 4 is 29.2 Å². The number of aliphatic hydroxyl groups excluding tert-OH is 1. The number of aliphatic carboxylic acids is 2. The number of carboxylic acid groups (broad SMARTS) is 2. The van der Waals surface area contributed by atoms with Gasteiger partial charge < -0.3 is 24.9 Å². The number of hydrogen-bond donors (Lipinski definition) is 1. The molecule has 1 aliphatic rings. The van der Waals surface area contributed by atoms with E-state index in [9.17, 15) is 24.9 Å². The average molecular weight is 407 g/mol. The van der Waals surface area contributed by atoms with Gasteiger partial charge in [0.05, 0.1) is 24.2 Å². The molecule has 1 heterocycles. The van der Waals surface area contributed by atoms with Crippen LogP contribution < -0.4 is 74.3 Å². The number of carboxylic acids is 2. The summed E-state index contributed by atoms with van der Waals surface area (Å²) in [6.45, 7) is 0.103. The maximum absolute atomic E-state index is 11.3. The SMILES string of the molecule is O=C([O-])C(C(=O)[O-])N1C(O)c2ccccc2N1Cc1cccc(Cl)c1.[Na+].[Na+]. The first-order chi connectivity index (χ1) is 11.9. The zero-order valence-electron chi connectivity index (χ0n) is 14.8. The van der Waals surface area contributed by atoms with Crippen molar-refractivity contribution in [1.29, 1.82) is 0 Å². The van der Waals surface area contributed by atoms with E-state index >= 15 is 0 Å². The minimum Gasteiger partial charge on any atom is -0.548 e. The Morgan fingerprint density at radius 3 is 2.30 bits per heavy atom. The molecular weight excluding hydrogens is 394 g/mol. The summed E-state index contributed by atoms with van der Waals surface area (Å²) in [7, 11) is 0. The summed E-state index contributed by atoms with van der Waals surface area (Å²) < 4.78 is 0. The summed E-state index contributed by atoms with van der Waals surface area (Å²) in [5.41, 5.74) is 1.58. The predicted octanol–water partition coefficient (Wildman–Crippen LogP) is -6.56. The van der Waals surface area contributed by atoms with Gasteiger partial charge >= 0.3 is 59.1 Å². The largest absolute Gasteiger partial charge is 1.00 e. The fourth-order valence-corrected chi connectivity index (χ4v) is 3.12. The van der Waals surface area contributed by atoms with Crippen LogP contribution in [0.5, 0.6) is 0 Å². The Morgan fingerprint density at radius 2 is 1.70 bits per heavy atom. The number of benzene rings is 2. The van der Waals surface area contributed by atoms with E-state index in [4.69, 9.17) is 11.6 Å². The summed E-state index contributed by atoms with van der Waals surface area (Å²) in [6, 6.07) is 11.3. The first-order valence-corrected chi connectivity index (χ1v) is 7.77. The van der Waals surface area contributed by atoms with Gasteiger partial charge in [-0.15, -0.1) is 0 Å². The van der Waals surface area contributed by atoms with Crippen LogP contribution in [0.25, 0.3) is 0 Å². The van der Waals surface area contributed by atoms with Crippen molar-refractivity contribution in [2.45, 2.75) is 18.8 Å². The first-order valence-electron chi connectivity index (χ1n) is 7.39. The fourth-order valence-electron chi connectivity index (χ4n) is 2.91. The van der Waals surface area contributed by atoms with Gasteiger partial charge in [0.15, 0.2) is 6.23 Å². The van der Waals surface area contributed by atoms with Crippen molar-refractivity contribution in [2.75, 3.05) is 5.01 Å². The zero-order chi connectivity index (χ0) is 18.1. The molecule has 1 aliphatic heterocycles. The van der Waals surface area contributed by atoms with Crippen molar-refractivity contribution in [3.8, 4) is 0 Å². The van der Waals surface area contributed by atoms with E-state index in [2.05, 4.69) is 0 Å². The van der Waals surface area contributed by atoms with Crippen LogP contribution in [0.3, 0.4) is 0 Å². The molecule has 10 heteroatoms. The van der Waals surface area contributed by atoms with Crippen LogP contribution in [0.15, 0.2) is 48.5 Å². The number of fused-ring (bicyclic) bond motifs is 1. The molecule has 27 heavy (non-hydrogen) atoms. The maximum atomic E-state index is 11.3. The van der Waals surface area contributed by atoms with Gasteiger partial charge in [-0.1, -0.05) is 41.9 Å². The smallest absolute Gasteiger partial charge is 0.548 e. The fraction of sp³-hybridized carbons (Fsp3) is 0.176. The molecule has 130 valence electrons. The molecule has 0 saturated heterocycles. The second-order valence-electron chi connectivity index (χ2n) is 5.54. The molecule has 1 unspecified atom stereocenters. The van der Waals surface area contributed by atoms with Crippen LogP contribution in [0.4, 0.5) is 5.69 Å². The van der Waals surface area contributed by atoms with E-state index in [0.717, 1.165) is 5.01 Å². The van der Waals surface area contributed by atoms with E-state index in [1.54, 1.807) is 48.5 Å². The Labute approximate surface area is 205 Å². The number of aliphatic hydroxyl groups is 1. The van der Waals surface area contributed by atoms with Crippen LogP contribution >= 0.6 is 11.6 Å². The van der Waals surface area contributed by atoms with Crippen LogP contribution in [-0.4, -0.2) is 28.1 Å². The van der Waals surface area contributed by atoms with Crippen molar-refractivity contribution in [3.05, 3.63) is 64.7 Å². The van der Waals surface area contributed by atoms with Crippen LogP contribution in [0, 0.1) is 0 Å². The molecule has 3 rings (SSSR count). The molecule has 2 aromatic rings. The average Bonchev–Trinajstić information content (AvgIpc) is 2.81. The normalized spacial score (nSPS) is 15.7. The van der Waals surface area contributed by atoms with E-state index in [1.807, 2.05) is 0 Å². The van der Waals surface area contributed by atoms with Crippen LogP contribution in [0.2, 0.25) is 5.02 Å². The van der Waals surface area contributed by atoms with Crippen molar-refractivity contribution in [3.63, 3.8) is 0 Å². The molecule has 0 aliphatic carbocycles. The summed E-state index contributed by atoms with van der Waals surface area (Å²) in [6.07, 6.45) is -1.46.